The van der Waals surface area contributed by atoms with E-state index >= 15 is 0 Å². The fraction of sp³-hybridized carbons (Fsp3) is 0.222. The number of amides is 1. The van der Waals surface area contributed by atoms with Gasteiger partial charge in [-0.2, -0.15) is 0 Å². The summed E-state index contributed by atoms with van der Waals surface area (Å²) in [6, 6.07) is 8.28. The molecule has 2 aromatic rings. The summed E-state index contributed by atoms with van der Waals surface area (Å²) in [5.41, 5.74) is 0.112. The van der Waals surface area contributed by atoms with Crippen molar-refractivity contribution < 1.29 is 27.5 Å². The number of halogens is 3. The predicted octanol–water partition coefficient (Wildman–Crippen LogP) is 3.62. The first-order chi connectivity index (χ1) is 12.4. The van der Waals surface area contributed by atoms with E-state index in [0.29, 0.717) is 4.90 Å². The van der Waals surface area contributed by atoms with Gasteiger partial charge in [0.15, 0.2) is 6.61 Å². The highest BCUT2D eigenvalue weighted by Gasteiger charge is 2.16. The third-order valence-corrected chi connectivity index (χ3v) is 4.38. The lowest BCUT2D eigenvalue weighted by Crippen LogP contribution is -2.31. The molecule has 0 saturated heterocycles. The smallest absolute Gasteiger partial charge is 0.316 e. The highest BCUT2D eigenvalue weighted by atomic mass is 32.2. The molecule has 26 heavy (non-hydrogen) atoms. The maximum atomic E-state index is 13.6. The summed E-state index contributed by atoms with van der Waals surface area (Å²) in [4.78, 5) is 23.7. The van der Waals surface area contributed by atoms with Crippen LogP contribution in [0, 0.1) is 17.5 Å². The van der Waals surface area contributed by atoms with Crippen LogP contribution in [0.1, 0.15) is 18.5 Å². The molecular weight excluding hydrogens is 367 g/mol. The van der Waals surface area contributed by atoms with E-state index in [0.717, 1.165) is 23.9 Å². The second-order valence-electron chi connectivity index (χ2n) is 5.33. The van der Waals surface area contributed by atoms with Crippen LogP contribution in [0.15, 0.2) is 47.4 Å². The Labute approximate surface area is 152 Å². The molecule has 0 aliphatic rings. The van der Waals surface area contributed by atoms with Gasteiger partial charge in [0, 0.05) is 16.5 Å². The molecule has 8 heteroatoms. The van der Waals surface area contributed by atoms with E-state index in [9.17, 15) is 22.8 Å². The van der Waals surface area contributed by atoms with Gasteiger partial charge in [0.2, 0.25) is 0 Å². The van der Waals surface area contributed by atoms with Crippen molar-refractivity contribution in [2.45, 2.75) is 17.9 Å². The van der Waals surface area contributed by atoms with Crippen molar-refractivity contribution in [3.63, 3.8) is 0 Å². The molecule has 1 amide bonds. The van der Waals surface area contributed by atoms with E-state index in [1.54, 1.807) is 6.07 Å². The van der Waals surface area contributed by atoms with Crippen LogP contribution in [-0.2, 0) is 14.3 Å². The van der Waals surface area contributed by atoms with E-state index in [1.165, 1.54) is 31.2 Å². The van der Waals surface area contributed by atoms with E-state index < -0.39 is 42.0 Å². The molecule has 138 valence electrons. The minimum Gasteiger partial charge on any atom is -0.455 e. The Hall–Kier alpha value is -2.48. The molecule has 0 aliphatic heterocycles. The van der Waals surface area contributed by atoms with Gasteiger partial charge in [-0.15, -0.1) is 11.8 Å². The Kier molecular flexibility index (Phi) is 7.08. The van der Waals surface area contributed by atoms with Gasteiger partial charge in [-0.05, 0) is 25.1 Å². The van der Waals surface area contributed by atoms with Crippen LogP contribution in [-0.4, -0.2) is 24.2 Å². The van der Waals surface area contributed by atoms with Crippen molar-refractivity contribution in [2.24, 2.45) is 0 Å². The first-order valence-corrected chi connectivity index (χ1v) is 8.62. The SMILES string of the molecule is C[C@@H](NC(=O)COC(=O)CSc1ccccc1F)c1ccc(F)cc1F. The van der Waals surface area contributed by atoms with Crippen LogP contribution in [0.2, 0.25) is 0 Å². The molecule has 0 fully saturated rings. The summed E-state index contributed by atoms with van der Waals surface area (Å²) >= 11 is 0.955. The Morgan fingerprint density at radius 3 is 2.54 bits per heavy atom. The van der Waals surface area contributed by atoms with Crippen molar-refractivity contribution in [2.75, 3.05) is 12.4 Å². The van der Waals surface area contributed by atoms with Crippen molar-refractivity contribution in [3.05, 3.63) is 65.5 Å². The molecule has 0 aromatic heterocycles. The maximum absolute atomic E-state index is 13.6. The molecule has 1 atom stereocenters. The van der Waals surface area contributed by atoms with Crippen LogP contribution in [0.5, 0.6) is 0 Å². The number of nitrogens with one attached hydrogen (secondary N) is 1. The number of hydrogen-bond acceptors (Lipinski definition) is 4. The Balaban J connectivity index is 1.77. The monoisotopic (exact) mass is 383 g/mol. The maximum Gasteiger partial charge on any atom is 0.316 e. The number of hydrogen-bond donors (Lipinski definition) is 1. The van der Waals surface area contributed by atoms with Gasteiger partial charge < -0.3 is 10.1 Å². The molecule has 0 spiro atoms. The van der Waals surface area contributed by atoms with Gasteiger partial charge in [-0.3, -0.25) is 9.59 Å². The molecule has 4 nitrogen and oxygen atoms in total. The molecule has 0 aliphatic carbocycles. The largest absolute Gasteiger partial charge is 0.455 e. The summed E-state index contributed by atoms with van der Waals surface area (Å²) in [5, 5.41) is 2.45. The minimum absolute atomic E-state index is 0.112. The van der Waals surface area contributed by atoms with Crippen LogP contribution in [0.25, 0.3) is 0 Å². The first-order valence-electron chi connectivity index (χ1n) is 7.64. The van der Waals surface area contributed by atoms with E-state index in [-0.39, 0.29) is 11.3 Å². The number of carbonyl (C=O) groups excluding carboxylic acids is 2. The molecule has 0 bridgehead atoms. The number of thioether (sulfide) groups is 1. The van der Waals surface area contributed by atoms with Gasteiger partial charge in [-0.1, -0.05) is 18.2 Å². The van der Waals surface area contributed by atoms with Gasteiger partial charge >= 0.3 is 5.97 Å². The molecule has 2 rings (SSSR count). The number of rotatable bonds is 7. The number of carbonyl (C=O) groups is 2. The molecule has 0 radical (unpaired) electrons. The Morgan fingerprint density at radius 2 is 1.85 bits per heavy atom. The lowest BCUT2D eigenvalue weighted by molar-refractivity contribution is -0.146. The van der Waals surface area contributed by atoms with E-state index in [2.05, 4.69) is 5.32 Å². The lowest BCUT2D eigenvalue weighted by atomic mass is 10.1. The molecule has 0 heterocycles. The fourth-order valence-corrected chi connectivity index (χ4v) is 2.84. The average Bonchev–Trinajstić information content (AvgIpc) is 2.59. The van der Waals surface area contributed by atoms with Gasteiger partial charge in [0.05, 0.1) is 11.8 Å². The summed E-state index contributed by atoms with van der Waals surface area (Å²) in [6.45, 7) is 0.966. The molecule has 2 aromatic carbocycles. The van der Waals surface area contributed by atoms with Gasteiger partial charge in [-0.25, -0.2) is 13.2 Å². The predicted molar refractivity (Wildman–Crippen MR) is 91.0 cm³/mol. The van der Waals surface area contributed by atoms with Crippen molar-refractivity contribution in [3.8, 4) is 0 Å². The van der Waals surface area contributed by atoms with Crippen molar-refractivity contribution >= 4 is 23.6 Å². The van der Waals surface area contributed by atoms with Crippen LogP contribution < -0.4 is 5.32 Å². The van der Waals surface area contributed by atoms with E-state index in [4.69, 9.17) is 4.74 Å². The minimum atomic E-state index is -0.781. The molecule has 1 N–H and O–H groups in total. The third kappa shape index (κ3) is 5.80. The van der Waals surface area contributed by atoms with Gasteiger partial charge in [0.25, 0.3) is 5.91 Å². The van der Waals surface area contributed by atoms with Gasteiger partial charge in [0.1, 0.15) is 17.5 Å². The highest BCUT2D eigenvalue weighted by molar-refractivity contribution is 8.00. The zero-order valence-corrected chi connectivity index (χ0v) is 14.6. The number of esters is 1. The topological polar surface area (TPSA) is 55.4 Å². The summed E-state index contributed by atoms with van der Waals surface area (Å²) < 4.78 is 44.8. The normalized spacial score (nSPS) is 11.7. The standard InChI is InChI=1S/C18H16F3NO3S/c1-11(13-7-6-12(19)8-15(13)21)22-17(23)9-25-18(24)10-26-16-5-3-2-4-14(16)20/h2-8,11H,9-10H2,1H3,(H,22,23)/t11-/m1/s1. The van der Waals surface area contributed by atoms with Crippen molar-refractivity contribution in [1.29, 1.82) is 0 Å². The highest BCUT2D eigenvalue weighted by Crippen LogP contribution is 2.21. The second kappa shape index (κ2) is 9.28. The molecular formula is C18H16F3NO3S. The summed E-state index contributed by atoms with van der Waals surface area (Å²) in [5.74, 6) is -3.42. The zero-order chi connectivity index (χ0) is 19.1. The van der Waals surface area contributed by atoms with E-state index in [1.807, 2.05) is 0 Å². The average molecular weight is 383 g/mol. The first kappa shape index (κ1) is 19.8. The zero-order valence-electron chi connectivity index (χ0n) is 13.8. The van der Waals surface area contributed by atoms with Crippen LogP contribution >= 0.6 is 11.8 Å². The summed E-state index contributed by atoms with van der Waals surface area (Å²) in [7, 11) is 0. The quantitative estimate of drug-likeness (QED) is 0.586. The van der Waals surface area contributed by atoms with Crippen LogP contribution in [0.4, 0.5) is 13.2 Å². The number of ether oxygens (including phenoxy) is 1. The van der Waals surface area contributed by atoms with Crippen molar-refractivity contribution in [1.82, 2.24) is 5.32 Å². The fourth-order valence-electron chi connectivity index (χ4n) is 2.10. The molecule has 0 saturated carbocycles. The summed E-state index contributed by atoms with van der Waals surface area (Å²) in [6.07, 6.45) is 0. The Morgan fingerprint density at radius 1 is 1.12 bits per heavy atom. The second-order valence-corrected chi connectivity index (χ2v) is 6.35. The van der Waals surface area contributed by atoms with Crippen LogP contribution in [0.3, 0.4) is 0 Å². The molecule has 0 unspecified atom stereocenters. The lowest BCUT2D eigenvalue weighted by Gasteiger charge is -2.15. The third-order valence-electron chi connectivity index (χ3n) is 3.35. The Bertz CT molecular complexity index is 801. The number of benzene rings is 2.